The van der Waals surface area contributed by atoms with Crippen LogP contribution in [0.4, 0.5) is 0 Å². The summed E-state index contributed by atoms with van der Waals surface area (Å²) < 4.78 is 3.19. The zero-order valence-electron chi connectivity index (χ0n) is 18.6. The Balaban J connectivity index is 1.25. The van der Waals surface area contributed by atoms with Crippen LogP contribution >= 0.6 is 22.9 Å². The average molecular weight is 493 g/mol. The first-order valence-electron chi connectivity index (χ1n) is 11.4. The molecule has 0 spiro atoms. The maximum absolute atomic E-state index is 13.5. The minimum absolute atomic E-state index is 0.0200. The largest absolute Gasteiger partial charge is 0.352 e. The van der Waals surface area contributed by atoms with Crippen molar-refractivity contribution >= 4 is 45.0 Å². The number of carbonyl (C=O) groups excluding carboxylic acids is 2. The molecule has 6 nitrogen and oxygen atoms in total. The molecule has 0 saturated carbocycles. The van der Waals surface area contributed by atoms with Gasteiger partial charge in [0.25, 0.3) is 5.91 Å². The molecule has 1 fully saturated rings. The lowest BCUT2D eigenvalue weighted by molar-refractivity contribution is -0.126. The summed E-state index contributed by atoms with van der Waals surface area (Å²) in [6.45, 7) is 2.22. The second kappa shape index (κ2) is 9.99. The van der Waals surface area contributed by atoms with Gasteiger partial charge in [0.05, 0.1) is 10.2 Å². The highest BCUT2D eigenvalue weighted by molar-refractivity contribution is 7.17. The Bertz CT molecular complexity index is 1290. The molecule has 4 heterocycles. The molecule has 5 rings (SSSR count). The molecule has 34 heavy (non-hydrogen) atoms. The topological polar surface area (TPSA) is 67.2 Å². The molecule has 2 amide bonds. The maximum atomic E-state index is 13.5. The van der Waals surface area contributed by atoms with Crippen molar-refractivity contribution in [3.63, 3.8) is 0 Å². The second-order valence-electron chi connectivity index (χ2n) is 8.56. The van der Waals surface area contributed by atoms with Crippen LogP contribution in [-0.4, -0.2) is 39.4 Å². The molecule has 0 bridgehead atoms. The van der Waals surface area contributed by atoms with Crippen LogP contribution in [0.1, 0.15) is 34.5 Å². The van der Waals surface area contributed by atoms with Gasteiger partial charge in [-0.1, -0.05) is 29.8 Å². The van der Waals surface area contributed by atoms with Gasteiger partial charge in [-0.3, -0.25) is 14.6 Å². The molecule has 174 valence electrons. The van der Waals surface area contributed by atoms with E-state index in [0.29, 0.717) is 49.7 Å². The van der Waals surface area contributed by atoms with E-state index in [4.69, 9.17) is 11.6 Å². The van der Waals surface area contributed by atoms with Crippen LogP contribution < -0.4 is 5.32 Å². The van der Waals surface area contributed by atoms with Crippen molar-refractivity contribution in [2.45, 2.75) is 25.9 Å². The van der Waals surface area contributed by atoms with Crippen LogP contribution in [0, 0.1) is 5.92 Å². The van der Waals surface area contributed by atoms with Crippen LogP contribution in [0.5, 0.6) is 0 Å². The summed E-state index contributed by atoms with van der Waals surface area (Å²) in [6.07, 6.45) is 4.80. The van der Waals surface area contributed by atoms with E-state index in [2.05, 4.69) is 20.9 Å². The van der Waals surface area contributed by atoms with Crippen LogP contribution in [0.25, 0.3) is 10.2 Å². The highest BCUT2D eigenvalue weighted by Crippen LogP contribution is 2.28. The number of thiophene rings is 1. The lowest BCUT2D eigenvalue weighted by atomic mass is 9.95. The van der Waals surface area contributed by atoms with Gasteiger partial charge >= 0.3 is 0 Å². The highest BCUT2D eigenvalue weighted by Gasteiger charge is 2.29. The van der Waals surface area contributed by atoms with Crippen LogP contribution in [0.3, 0.4) is 0 Å². The summed E-state index contributed by atoms with van der Waals surface area (Å²) in [7, 11) is 0. The first kappa shape index (κ1) is 22.6. The Hall–Kier alpha value is -3.16. The first-order chi connectivity index (χ1) is 16.6. The number of hydrogen-bond acceptors (Lipinski definition) is 4. The SMILES string of the molecule is O=C(NCc1cccnc1)C1CCN(C(=O)c2cc3sccc3n2Cc2ccc(Cl)cc2)CC1. The number of nitrogens with zero attached hydrogens (tertiary/aromatic N) is 3. The first-order valence-corrected chi connectivity index (χ1v) is 12.6. The normalized spacial score (nSPS) is 14.4. The van der Waals surface area contributed by atoms with Gasteiger partial charge in [-0.25, -0.2) is 0 Å². The van der Waals surface area contributed by atoms with Gasteiger partial charge in [0.2, 0.25) is 5.91 Å². The lowest BCUT2D eigenvalue weighted by Gasteiger charge is -2.31. The molecule has 0 atom stereocenters. The zero-order valence-corrected chi connectivity index (χ0v) is 20.2. The number of nitrogens with one attached hydrogen (secondary N) is 1. The number of fused-ring (bicyclic) bond motifs is 1. The number of rotatable bonds is 6. The van der Waals surface area contributed by atoms with Crippen molar-refractivity contribution in [1.29, 1.82) is 0 Å². The zero-order chi connectivity index (χ0) is 23.5. The third-order valence-corrected chi connectivity index (χ3v) is 7.44. The molecular weight excluding hydrogens is 468 g/mol. The van der Waals surface area contributed by atoms with Gasteiger partial charge in [0, 0.05) is 49.5 Å². The quantitative estimate of drug-likeness (QED) is 0.413. The molecule has 0 aliphatic carbocycles. The van der Waals surface area contributed by atoms with Crippen molar-refractivity contribution in [2.24, 2.45) is 5.92 Å². The minimum Gasteiger partial charge on any atom is -0.352 e. The van der Waals surface area contributed by atoms with Gasteiger partial charge in [0.15, 0.2) is 0 Å². The molecule has 0 radical (unpaired) electrons. The molecule has 0 unspecified atom stereocenters. The summed E-state index contributed by atoms with van der Waals surface area (Å²) in [5.74, 6) is -0.0146. The van der Waals surface area contributed by atoms with E-state index in [-0.39, 0.29) is 17.7 Å². The predicted molar refractivity (Wildman–Crippen MR) is 135 cm³/mol. The van der Waals surface area contributed by atoms with E-state index >= 15 is 0 Å². The number of hydrogen-bond donors (Lipinski definition) is 1. The number of likely N-dealkylation sites (tertiary alicyclic amines) is 1. The molecule has 1 aromatic carbocycles. The fraction of sp³-hybridized carbons (Fsp3) is 0.269. The monoisotopic (exact) mass is 492 g/mol. The van der Waals surface area contributed by atoms with Crippen molar-refractivity contribution in [3.8, 4) is 0 Å². The van der Waals surface area contributed by atoms with E-state index in [1.807, 2.05) is 52.7 Å². The molecule has 1 N–H and O–H groups in total. The summed E-state index contributed by atoms with van der Waals surface area (Å²) >= 11 is 7.68. The Kier molecular flexibility index (Phi) is 6.65. The van der Waals surface area contributed by atoms with Crippen LogP contribution in [0.2, 0.25) is 5.02 Å². The third kappa shape index (κ3) is 4.86. The van der Waals surface area contributed by atoms with Crippen molar-refractivity contribution < 1.29 is 9.59 Å². The summed E-state index contributed by atoms with van der Waals surface area (Å²) in [4.78, 5) is 32.1. The molecule has 3 aromatic heterocycles. The Morgan fingerprint density at radius 1 is 1.09 bits per heavy atom. The Labute approximate surface area is 207 Å². The fourth-order valence-corrected chi connectivity index (χ4v) is 5.39. The van der Waals surface area contributed by atoms with Crippen molar-refractivity contribution in [2.75, 3.05) is 13.1 Å². The summed E-state index contributed by atoms with van der Waals surface area (Å²) in [6, 6.07) is 15.6. The third-order valence-electron chi connectivity index (χ3n) is 6.34. The van der Waals surface area contributed by atoms with E-state index in [0.717, 1.165) is 21.3 Å². The van der Waals surface area contributed by atoms with Gasteiger partial charge < -0.3 is 14.8 Å². The standard InChI is InChI=1S/C26H25ClN4O2S/c27-21-5-3-18(4-6-21)17-31-22-9-13-34-24(22)14-23(31)26(33)30-11-7-20(8-12-30)25(32)29-16-19-2-1-10-28-15-19/h1-6,9-10,13-15,20H,7-8,11-12,16-17H2,(H,29,32). The predicted octanol–water partition coefficient (Wildman–Crippen LogP) is 4.97. The van der Waals surface area contributed by atoms with Crippen molar-refractivity contribution in [3.05, 3.63) is 88.1 Å². The fourth-order valence-electron chi connectivity index (χ4n) is 4.44. The number of halogens is 1. The van der Waals surface area contributed by atoms with Gasteiger partial charge in [-0.05, 0) is 59.7 Å². The van der Waals surface area contributed by atoms with E-state index < -0.39 is 0 Å². The summed E-state index contributed by atoms with van der Waals surface area (Å²) in [5, 5.41) is 5.75. The van der Waals surface area contributed by atoms with E-state index in [9.17, 15) is 9.59 Å². The number of piperidine rings is 1. The molecular formula is C26H25ClN4O2S. The minimum atomic E-state index is -0.0786. The number of carbonyl (C=O) groups is 2. The number of pyridine rings is 1. The van der Waals surface area contributed by atoms with Gasteiger partial charge in [-0.2, -0.15) is 0 Å². The lowest BCUT2D eigenvalue weighted by Crippen LogP contribution is -2.43. The van der Waals surface area contributed by atoms with Crippen LogP contribution in [0.15, 0.2) is 66.3 Å². The van der Waals surface area contributed by atoms with Crippen LogP contribution in [-0.2, 0) is 17.9 Å². The molecule has 1 aliphatic heterocycles. The van der Waals surface area contributed by atoms with Gasteiger partial charge in [0.1, 0.15) is 5.69 Å². The Morgan fingerprint density at radius 3 is 2.62 bits per heavy atom. The number of benzene rings is 1. The van der Waals surface area contributed by atoms with Gasteiger partial charge in [-0.15, -0.1) is 11.3 Å². The maximum Gasteiger partial charge on any atom is 0.270 e. The number of amides is 2. The smallest absolute Gasteiger partial charge is 0.270 e. The highest BCUT2D eigenvalue weighted by atomic mass is 35.5. The van der Waals surface area contributed by atoms with E-state index in [1.165, 1.54) is 0 Å². The van der Waals surface area contributed by atoms with Crippen molar-refractivity contribution in [1.82, 2.24) is 19.8 Å². The second-order valence-corrected chi connectivity index (χ2v) is 9.94. The summed E-state index contributed by atoms with van der Waals surface area (Å²) in [5.41, 5.74) is 3.82. The molecule has 4 aromatic rings. The molecule has 8 heteroatoms. The number of aromatic nitrogens is 2. The average Bonchev–Trinajstić information content (AvgIpc) is 3.47. The Morgan fingerprint density at radius 2 is 1.88 bits per heavy atom. The van der Waals surface area contributed by atoms with E-state index in [1.54, 1.807) is 23.7 Å². The molecule has 1 saturated heterocycles. The molecule has 1 aliphatic rings.